The molecule has 0 amide bonds. The van der Waals surface area contributed by atoms with Crippen LogP contribution in [0.15, 0.2) is 41.5 Å². The van der Waals surface area contributed by atoms with Crippen LogP contribution in [-0.4, -0.2) is 14.7 Å². The number of anilines is 1. The Kier molecular flexibility index (Phi) is 3.85. The summed E-state index contributed by atoms with van der Waals surface area (Å²) in [7, 11) is 0. The van der Waals surface area contributed by atoms with E-state index in [1.807, 2.05) is 19.9 Å². The second-order valence-corrected chi connectivity index (χ2v) is 4.56. The van der Waals surface area contributed by atoms with Crippen molar-refractivity contribution in [2.24, 2.45) is 0 Å². The zero-order valence-corrected chi connectivity index (χ0v) is 11.0. The Morgan fingerprint density at radius 1 is 1.37 bits per heavy atom. The fourth-order valence-corrected chi connectivity index (χ4v) is 1.79. The van der Waals surface area contributed by atoms with Gasteiger partial charge in [-0.2, -0.15) is 0 Å². The lowest BCUT2D eigenvalue weighted by atomic mass is 10.2. The lowest BCUT2D eigenvalue weighted by Crippen LogP contribution is -2.25. The van der Waals surface area contributed by atoms with E-state index in [4.69, 9.17) is 0 Å². The van der Waals surface area contributed by atoms with Crippen LogP contribution in [0.2, 0.25) is 0 Å². The van der Waals surface area contributed by atoms with Crippen LogP contribution >= 0.6 is 0 Å². The molecule has 1 aromatic heterocycles. The normalized spacial score (nSPS) is 10.7. The summed E-state index contributed by atoms with van der Waals surface area (Å²) in [5.74, 6) is 0.495. The lowest BCUT2D eigenvalue weighted by Gasteiger charge is -2.12. The van der Waals surface area contributed by atoms with Gasteiger partial charge in [-0.15, -0.1) is 0 Å². The second-order valence-electron chi connectivity index (χ2n) is 4.56. The molecule has 0 bridgehead atoms. The molecule has 0 fully saturated rings. The van der Waals surface area contributed by atoms with Gasteiger partial charge in [0.1, 0.15) is 5.75 Å². The van der Waals surface area contributed by atoms with Gasteiger partial charge in [-0.05, 0) is 19.9 Å². The Balaban J connectivity index is 2.19. The van der Waals surface area contributed by atoms with Crippen molar-refractivity contribution in [2.45, 2.75) is 26.4 Å². The molecule has 1 aromatic carbocycles. The van der Waals surface area contributed by atoms with Crippen LogP contribution < -0.4 is 10.9 Å². The fourth-order valence-electron chi connectivity index (χ4n) is 1.79. The minimum Gasteiger partial charge on any atom is -0.508 e. The summed E-state index contributed by atoms with van der Waals surface area (Å²) in [4.78, 5) is 16.1. The maximum Gasteiger partial charge on any atom is 0.293 e. The molecular formula is C14H17N3O2. The van der Waals surface area contributed by atoms with E-state index in [2.05, 4.69) is 10.3 Å². The van der Waals surface area contributed by atoms with Crippen molar-refractivity contribution in [1.82, 2.24) is 9.55 Å². The van der Waals surface area contributed by atoms with Crippen LogP contribution in [0.5, 0.6) is 5.75 Å². The minimum absolute atomic E-state index is 0.0844. The summed E-state index contributed by atoms with van der Waals surface area (Å²) >= 11 is 0. The number of nitrogens with zero attached hydrogens (tertiary/aromatic N) is 2. The molecule has 0 atom stereocenters. The molecule has 2 aromatic rings. The molecular weight excluding hydrogens is 242 g/mol. The van der Waals surface area contributed by atoms with Crippen LogP contribution in [0.25, 0.3) is 0 Å². The number of aromatic hydroxyl groups is 1. The van der Waals surface area contributed by atoms with Crippen LogP contribution in [0, 0.1) is 0 Å². The number of hydrogen-bond acceptors (Lipinski definition) is 4. The van der Waals surface area contributed by atoms with E-state index >= 15 is 0 Å². The average molecular weight is 259 g/mol. The Hall–Kier alpha value is -2.30. The van der Waals surface area contributed by atoms with Gasteiger partial charge in [-0.1, -0.05) is 18.2 Å². The minimum atomic E-state index is -0.159. The predicted molar refractivity (Wildman–Crippen MR) is 74.3 cm³/mol. The molecule has 2 N–H and O–H groups in total. The van der Waals surface area contributed by atoms with Gasteiger partial charge in [0.15, 0.2) is 5.82 Å². The average Bonchev–Trinajstić information content (AvgIpc) is 2.39. The van der Waals surface area contributed by atoms with E-state index in [0.717, 1.165) is 5.56 Å². The smallest absolute Gasteiger partial charge is 0.293 e. The number of rotatable bonds is 4. The van der Waals surface area contributed by atoms with Gasteiger partial charge in [-0.3, -0.25) is 4.79 Å². The molecule has 0 aliphatic rings. The fraction of sp³-hybridized carbons (Fsp3) is 0.286. The predicted octanol–water partition coefficient (Wildman–Crippen LogP) is 2.14. The molecule has 5 heteroatoms. The van der Waals surface area contributed by atoms with Crippen LogP contribution in [0.3, 0.4) is 0 Å². The van der Waals surface area contributed by atoms with Crippen LogP contribution in [0.1, 0.15) is 25.5 Å². The van der Waals surface area contributed by atoms with Crippen molar-refractivity contribution < 1.29 is 5.11 Å². The number of benzene rings is 1. The Morgan fingerprint density at radius 3 is 2.79 bits per heavy atom. The first kappa shape index (κ1) is 13.1. The number of nitrogens with one attached hydrogen (secondary N) is 1. The van der Waals surface area contributed by atoms with Crippen molar-refractivity contribution in [3.8, 4) is 5.75 Å². The highest BCUT2D eigenvalue weighted by Gasteiger charge is 2.07. The van der Waals surface area contributed by atoms with Gasteiger partial charge in [-0.25, -0.2) is 4.98 Å². The third-order valence-corrected chi connectivity index (χ3v) is 2.86. The van der Waals surface area contributed by atoms with E-state index in [9.17, 15) is 9.90 Å². The zero-order valence-electron chi connectivity index (χ0n) is 11.0. The van der Waals surface area contributed by atoms with Gasteiger partial charge in [0.25, 0.3) is 5.56 Å². The molecule has 0 radical (unpaired) electrons. The van der Waals surface area contributed by atoms with Gasteiger partial charge in [0, 0.05) is 30.5 Å². The summed E-state index contributed by atoms with van der Waals surface area (Å²) in [5.41, 5.74) is 0.566. The van der Waals surface area contributed by atoms with E-state index in [0.29, 0.717) is 12.4 Å². The van der Waals surface area contributed by atoms with Gasteiger partial charge in [0.2, 0.25) is 0 Å². The molecule has 0 spiro atoms. The third-order valence-electron chi connectivity index (χ3n) is 2.86. The summed E-state index contributed by atoms with van der Waals surface area (Å²) in [6.07, 6.45) is 3.26. The summed E-state index contributed by atoms with van der Waals surface area (Å²) < 4.78 is 1.61. The summed E-state index contributed by atoms with van der Waals surface area (Å²) in [5, 5.41) is 12.6. The number of para-hydroxylation sites is 1. The van der Waals surface area contributed by atoms with Gasteiger partial charge < -0.3 is 15.0 Å². The molecule has 2 rings (SSSR count). The molecule has 0 saturated heterocycles. The van der Waals surface area contributed by atoms with E-state index in [1.165, 1.54) is 0 Å². The standard InChI is InChI=1S/C14H17N3O2/c1-10(2)17-8-7-15-13(14(17)19)16-9-11-5-3-4-6-12(11)18/h3-8,10,18H,9H2,1-2H3,(H,15,16). The quantitative estimate of drug-likeness (QED) is 0.882. The largest absolute Gasteiger partial charge is 0.508 e. The summed E-state index contributed by atoms with van der Waals surface area (Å²) in [6, 6.07) is 7.09. The Morgan fingerprint density at radius 2 is 2.11 bits per heavy atom. The first-order valence-electron chi connectivity index (χ1n) is 6.17. The topological polar surface area (TPSA) is 67.2 Å². The lowest BCUT2D eigenvalue weighted by molar-refractivity contribution is 0.469. The van der Waals surface area contributed by atoms with Crippen molar-refractivity contribution >= 4 is 5.82 Å². The van der Waals surface area contributed by atoms with Crippen molar-refractivity contribution in [3.63, 3.8) is 0 Å². The maximum absolute atomic E-state index is 12.1. The number of aromatic nitrogens is 2. The number of phenolic OH excluding ortho intramolecular Hbond substituents is 1. The molecule has 19 heavy (non-hydrogen) atoms. The van der Waals surface area contributed by atoms with Crippen LogP contribution in [0.4, 0.5) is 5.82 Å². The SMILES string of the molecule is CC(C)n1ccnc(NCc2ccccc2O)c1=O. The van der Waals surface area contributed by atoms with Crippen molar-refractivity contribution in [2.75, 3.05) is 5.32 Å². The monoisotopic (exact) mass is 259 g/mol. The van der Waals surface area contributed by atoms with Crippen LogP contribution in [-0.2, 0) is 6.54 Å². The van der Waals surface area contributed by atoms with Crippen molar-refractivity contribution in [1.29, 1.82) is 0 Å². The second kappa shape index (κ2) is 5.56. The Bertz CT molecular complexity index is 620. The maximum atomic E-state index is 12.1. The number of hydrogen-bond donors (Lipinski definition) is 2. The molecule has 0 aliphatic carbocycles. The molecule has 5 nitrogen and oxygen atoms in total. The highest BCUT2D eigenvalue weighted by molar-refractivity contribution is 5.37. The highest BCUT2D eigenvalue weighted by Crippen LogP contribution is 2.16. The molecule has 100 valence electrons. The highest BCUT2D eigenvalue weighted by atomic mass is 16.3. The zero-order chi connectivity index (χ0) is 13.8. The number of phenols is 1. The first-order valence-corrected chi connectivity index (χ1v) is 6.17. The Labute approximate surface area is 111 Å². The molecule has 0 unspecified atom stereocenters. The first-order chi connectivity index (χ1) is 9.09. The molecule has 0 aliphatic heterocycles. The molecule has 1 heterocycles. The van der Waals surface area contributed by atoms with Gasteiger partial charge >= 0.3 is 0 Å². The van der Waals surface area contributed by atoms with E-state index in [1.54, 1.807) is 35.2 Å². The molecule has 0 saturated carbocycles. The van der Waals surface area contributed by atoms with E-state index < -0.39 is 0 Å². The summed E-state index contributed by atoms with van der Waals surface area (Å²) in [6.45, 7) is 4.24. The van der Waals surface area contributed by atoms with Gasteiger partial charge in [0.05, 0.1) is 0 Å². The van der Waals surface area contributed by atoms with E-state index in [-0.39, 0.29) is 17.4 Å². The van der Waals surface area contributed by atoms with Crippen molar-refractivity contribution in [3.05, 3.63) is 52.6 Å². The third kappa shape index (κ3) is 2.93.